The molecular weight excluding hydrogens is 178 g/mol. The molecule has 2 N–H and O–H groups in total. The lowest BCUT2D eigenvalue weighted by Gasteiger charge is -2.42. The Hall–Kier alpha value is -0.830. The van der Waals surface area contributed by atoms with Crippen molar-refractivity contribution < 1.29 is 9.53 Å². The van der Waals surface area contributed by atoms with Crippen LogP contribution in [0.4, 0.5) is 0 Å². The number of nitrogens with two attached hydrogens (primary N) is 1. The second kappa shape index (κ2) is 3.39. The van der Waals surface area contributed by atoms with Crippen LogP contribution in [-0.2, 0) is 9.53 Å². The first-order valence-electron chi connectivity index (χ1n) is 5.17. The van der Waals surface area contributed by atoms with Gasteiger partial charge in [-0.15, -0.1) is 0 Å². The van der Waals surface area contributed by atoms with E-state index in [1.54, 1.807) is 0 Å². The van der Waals surface area contributed by atoms with Crippen LogP contribution in [0.2, 0.25) is 0 Å². The Balaban J connectivity index is 2.25. The highest BCUT2D eigenvalue weighted by molar-refractivity contribution is 5.77. The number of hydrogen-bond donors (Lipinski definition) is 1. The zero-order valence-electron chi connectivity index (χ0n) is 8.53. The van der Waals surface area contributed by atoms with E-state index in [4.69, 9.17) is 10.5 Å². The van der Waals surface area contributed by atoms with Crippen LogP contribution in [0.15, 0.2) is 12.2 Å². The topological polar surface area (TPSA) is 52.3 Å². The first-order valence-corrected chi connectivity index (χ1v) is 5.17. The second-order valence-corrected chi connectivity index (χ2v) is 4.57. The van der Waals surface area contributed by atoms with Gasteiger partial charge in [0.05, 0.1) is 12.5 Å². The number of rotatable bonds is 1. The largest absolute Gasteiger partial charge is 0.469 e. The van der Waals surface area contributed by atoms with Gasteiger partial charge in [-0.25, -0.2) is 0 Å². The predicted molar refractivity (Wildman–Crippen MR) is 53.5 cm³/mol. The molecule has 3 atom stereocenters. The number of carbonyl (C=O) groups excluding carboxylic acids is 1. The summed E-state index contributed by atoms with van der Waals surface area (Å²) in [5, 5.41) is 0. The van der Waals surface area contributed by atoms with Gasteiger partial charge in [0.15, 0.2) is 0 Å². The number of hydrogen-bond acceptors (Lipinski definition) is 3. The van der Waals surface area contributed by atoms with E-state index >= 15 is 0 Å². The van der Waals surface area contributed by atoms with Gasteiger partial charge >= 0.3 is 5.97 Å². The molecule has 0 aromatic heterocycles. The average Bonchev–Trinajstić information content (AvgIpc) is 2.15. The average molecular weight is 195 g/mol. The molecule has 2 aliphatic rings. The van der Waals surface area contributed by atoms with E-state index in [-0.39, 0.29) is 17.4 Å². The van der Waals surface area contributed by atoms with Crippen LogP contribution in [0.25, 0.3) is 0 Å². The van der Waals surface area contributed by atoms with Gasteiger partial charge in [-0.3, -0.25) is 4.79 Å². The molecule has 2 aliphatic carbocycles. The number of carbonyl (C=O) groups is 1. The molecule has 1 saturated carbocycles. The van der Waals surface area contributed by atoms with Crippen LogP contribution < -0.4 is 5.73 Å². The third-order valence-electron chi connectivity index (χ3n) is 3.45. The van der Waals surface area contributed by atoms with Crippen LogP contribution in [0, 0.1) is 11.3 Å². The molecule has 0 aromatic carbocycles. The lowest BCUT2D eigenvalue weighted by molar-refractivity contribution is -0.156. The quantitative estimate of drug-likeness (QED) is 0.506. The molecule has 14 heavy (non-hydrogen) atoms. The first-order chi connectivity index (χ1) is 6.66. The van der Waals surface area contributed by atoms with Gasteiger partial charge in [0, 0.05) is 6.04 Å². The Bertz CT molecular complexity index is 274. The summed E-state index contributed by atoms with van der Waals surface area (Å²) in [4.78, 5) is 11.7. The molecule has 78 valence electrons. The molecule has 2 bridgehead atoms. The van der Waals surface area contributed by atoms with E-state index in [0.717, 1.165) is 25.7 Å². The zero-order chi connectivity index (χ0) is 10.2. The Morgan fingerprint density at radius 3 is 3.07 bits per heavy atom. The molecular formula is C11H17NO2. The van der Waals surface area contributed by atoms with Gasteiger partial charge in [0.25, 0.3) is 0 Å². The standard InChI is InChI=1S/C11H17NO2/c1-14-10(13)11-4-2-3-8(6-11)5-9(12)7-11/h2-3,8-9H,4-7,12H2,1H3. The summed E-state index contributed by atoms with van der Waals surface area (Å²) in [5.74, 6) is 0.397. The molecule has 3 unspecified atom stereocenters. The summed E-state index contributed by atoms with van der Waals surface area (Å²) in [6.45, 7) is 0. The Morgan fingerprint density at radius 2 is 2.36 bits per heavy atom. The fourth-order valence-corrected chi connectivity index (χ4v) is 2.91. The van der Waals surface area contributed by atoms with Crippen molar-refractivity contribution in [3.63, 3.8) is 0 Å². The van der Waals surface area contributed by atoms with E-state index in [1.807, 2.05) is 0 Å². The Labute approximate surface area is 84.3 Å². The summed E-state index contributed by atoms with van der Waals surface area (Å²) in [6.07, 6.45) is 7.81. The molecule has 2 rings (SSSR count). The number of fused-ring (bicyclic) bond motifs is 2. The lowest BCUT2D eigenvalue weighted by Crippen LogP contribution is -2.46. The molecule has 0 heterocycles. The summed E-state index contributed by atoms with van der Waals surface area (Å²) in [5.41, 5.74) is 5.65. The van der Waals surface area contributed by atoms with E-state index in [0.29, 0.717) is 5.92 Å². The van der Waals surface area contributed by atoms with Crippen molar-refractivity contribution in [2.75, 3.05) is 7.11 Å². The SMILES string of the molecule is COC(=O)C12CC=CC(CC(N)C1)C2. The number of ether oxygens (including phenoxy) is 1. The highest BCUT2D eigenvalue weighted by atomic mass is 16.5. The minimum Gasteiger partial charge on any atom is -0.469 e. The van der Waals surface area contributed by atoms with E-state index < -0.39 is 0 Å². The van der Waals surface area contributed by atoms with Gasteiger partial charge in [0.1, 0.15) is 0 Å². The number of esters is 1. The molecule has 1 fully saturated rings. The van der Waals surface area contributed by atoms with Crippen molar-refractivity contribution in [2.45, 2.75) is 31.7 Å². The molecule has 3 heteroatoms. The summed E-state index contributed by atoms with van der Waals surface area (Å²) < 4.78 is 4.89. The number of allylic oxidation sites excluding steroid dienone is 2. The van der Waals surface area contributed by atoms with Crippen molar-refractivity contribution in [1.29, 1.82) is 0 Å². The predicted octanol–water partition coefficient (Wildman–Crippen LogP) is 1.23. The van der Waals surface area contributed by atoms with Crippen molar-refractivity contribution >= 4 is 5.97 Å². The van der Waals surface area contributed by atoms with Crippen molar-refractivity contribution in [3.05, 3.63) is 12.2 Å². The van der Waals surface area contributed by atoms with Crippen molar-refractivity contribution in [3.8, 4) is 0 Å². The molecule has 0 aliphatic heterocycles. The highest BCUT2D eigenvalue weighted by Gasteiger charge is 2.46. The maximum atomic E-state index is 11.7. The molecule has 0 aromatic rings. The van der Waals surface area contributed by atoms with Gasteiger partial charge in [-0.05, 0) is 31.6 Å². The third kappa shape index (κ3) is 1.46. The second-order valence-electron chi connectivity index (χ2n) is 4.57. The summed E-state index contributed by atoms with van der Waals surface area (Å²) in [6, 6.07) is 0.151. The maximum Gasteiger partial charge on any atom is 0.312 e. The van der Waals surface area contributed by atoms with Crippen LogP contribution in [0.5, 0.6) is 0 Å². The van der Waals surface area contributed by atoms with Crippen LogP contribution in [-0.4, -0.2) is 19.1 Å². The highest BCUT2D eigenvalue weighted by Crippen LogP contribution is 2.46. The summed E-state index contributed by atoms with van der Waals surface area (Å²) in [7, 11) is 1.46. The van der Waals surface area contributed by atoms with Crippen LogP contribution >= 0.6 is 0 Å². The normalized spacial score (nSPS) is 40.7. The minimum atomic E-state index is -0.314. The molecule has 3 nitrogen and oxygen atoms in total. The van der Waals surface area contributed by atoms with Crippen molar-refractivity contribution in [2.24, 2.45) is 17.1 Å². The lowest BCUT2D eigenvalue weighted by atomic mass is 9.63. The Morgan fingerprint density at radius 1 is 1.57 bits per heavy atom. The van der Waals surface area contributed by atoms with E-state index in [2.05, 4.69) is 12.2 Å². The number of methoxy groups -OCH3 is 1. The summed E-state index contributed by atoms with van der Waals surface area (Å²) >= 11 is 0. The van der Waals surface area contributed by atoms with Crippen molar-refractivity contribution in [1.82, 2.24) is 0 Å². The van der Waals surface area contributed by atoms with Gasteiger partial charge in [0.2, 0.25) is 0 Å². The third-order valence-corrected chi connectivity index (χ3v) is 3.45. The zero-order valence-corrected chi connectivity index (χ0v) is 8.53. The van der Waals surface area contributed by atoms with E-state index in [9.17, 15) is 4.79 Å². The molecule has 0 amide bonds. The van der Waals surface area contributed by atoms with Gasteiger partial charge in [-0.1, -0.05) is 12.2 Å². The molecule has 0 saturated heterocycles. The fourth-order valence-electron chi connectivity index (χ4n) is 2.91. The maximum absolute atomic E-state index is 11.7. The first kappa shape index (κ1) is 9.71. The molecule has 0 radical (unpaired) electrons. The smallest absolute Gasteiger partial charge is 0.312 e. The monoisotopic (exact) mass is 195 g/mol. The fraction of sp³-hybridized carbons (Fsp3) is 0.727. The minimum absolute atomic E-state index is 0.0815. The molecule has 0 spiro atoms. The van der Waals surface area contributed by atoms with Crippen LogP contribution in [0.1, 0.15) is 25.7 Å². The van der Waals surface area contributed by atoms with Crippen LogP contribution in [0.3, 0.4) is 0 Å². The Kier molecular flexibility index (Phi) is 2.35. The van der Waals surface area contributed by atoms with E-state index in [1.165, 1.54) is 7.11 Å². The van der Waals surface area contributed by atoms with Gasteiger partial charge in [-0.2, -0.15) is 0 Å². The van der Waals surface area contributed by atoms with Gasteiger partial charge < -0.3 is 10.5 Å².